The second-order valence-electron chi connectivity index (χ2n) is 8.75. The van der Waals surface area contributed by atoms with Crippen molar-refractivity contribution < 1.29 is 37.1 Å². The first-order valence-corrected chi connectivity index (χ1v) is 11.3. The van der Waals surface area contributed by atoms with Gasteiger partial charge in [-0.3, -0.25) is 24.0 Å². The lowest BCUT2D eigenvalue weighted by Crippen LogP contribution is -2.49. The van der Waals surface area contributed by atoms with E-state index in [1.165, 1.54) is 6.07 Å². The van der Waals surface area contributed by atoms with Gasteiger partial charge in [0.25, 0.3) is 11.8 Å². The molecule has 2 fully saturated rings. The molecule has 1 aliphatic heterocycles. The van der Waals surface area contributed by atoms with E-state index < -0.39 is 48.1 Å². The van der Waals surface area contributed by atoms with E-state index in [0.29, 0.717) is 6.42 Å². The van der Waals surface area contributed by atoms with Gasteiger partial charge in [0.05, 0.1) is 17.3 Å². The molecular weight excluding hydrogens is 493 g/mol. The Kier molecular flexibility index (Phi) is 8.04. The van der Waals surface area contributed by atoms with Crippen LogP contribution in [0.3, 0.4) is 0 Å². The Morgan fingerprint density at radius 3 is 2.46 bits per heavy atom. The van der Waals surface area contributed by atoms with Gasteiger partial charge in [0.15, 0.2) is 0 Å². The average molecular weight is 517 g/mol. The predicted octanol–water partition coefficient (Wildman–Crippen LogP) is 2.09. The maximum absolute atomic E-state index is 13.0. The van der Waals surface area contributed by atoms with E-state index in [1.807, 2.05) is 5.32 Å². The summed E-state index contributed by atoms with van der Waals surface area (Å²) in [5, 5.41) is 9.69. The topological polar surface area (TPSA) is 133 Å². The Labute approximate surface area is 203 Å². The third kappa shape index (κ3) is 7.67. The molecule has 9 nitrogen and oxygen atoms in total. The van der Waals surface area contributed by atoms with Gasteiger partial charge < -0.3 is 21.3 Å². The summed E-state index contributed by atoms with van der Waals surface area (Å²) in [4.78, 5) is 62.2. The van der Waals surface area contributed by atoms with Crippen molar-refractivity contribution in [3.05, 3.63) is 28.8 Å². The SMILES string of the molecule is C[C@@H]1C[C@@H](CC(NC(=O)c2cc(Cl)ccc2NC(=O)CC(F)(F)F)C(=O)C(=O)NC2CC2)C(=O)N1. The van der Waals surface area contributed by atoms with Gasteiger partial charge in [-0.25, -0.2) is 0 Å². The van der Waals surface area contributed by atoms with Gasteiger partial charge in [-0.2, -0.15) is 13.2 Å². The number of halogens is 4. The number of hydrogen-bond donors (Lipinski definition) is 4. The number of carbonyl (C=O) groups excluding carboxylic acids is 5. The van der Waals surface area contributed by atoms with Crippen LogP contribution in [0, 0.1) is 5.92 Å². The molecule has 4 N–H and O–H groups in total. The van der Waals surface area contributed by atoms with Crippen LogP contribution in [-0.2, 0) is 19.2 Å². The van der Waals surface area contributed by atoms with Crippen LogP contribution in [0.15, 0.2) is 18.2 Å². The molecule has 0 bridgehead atoms. The minimum atomic E-state index is -4.76. The van der Waals surface area contributed by atoms with Gasteiger partial charge in [0.2, 0.25) is 17.6 Å². The lowest BCUT2D eigenvalue weighted by atomic mass is 9.93. The molecule has 0 radical (unpaired) electrons. The van der Waals surface area contributed by atoms with Gasteiger partial charge in [-0.1, -0.05) is 11.6 Å². The second kappa shape index (κ2) is 10.6. The van der Waals surface area contributed by atoms with Gasteiger partial charge >= 0.3 is 6.18 Å². The lowest BCUT2D eigenvalue weighted by molar-refractivity contribution is -0.150. The zero-order chi connectivity index (χ0) is 25.9. The molecule has 4 amide bonds. The molecule has 1 heterocycles. The molecular formula is C22H24ClF3N4O5. The highest BCUT2D eigenvalue weighted by Gasteiger charge is 2.38. The summed E-state index contributed by atoms with van der Waals surface area (Å²) >= 11 is 5.93. The highest BCUT2D eigenvalue weighted by molar-refractivity contribution is 6.38. The lowest BCUT2D eigenvalue weighted by Gasteiger charge is -2.21. The Balaban J connectivity index is 1.81. The summed E-state index contributed by atoms with van der Waals surface area (Å²) in [5.74, 6) is -5.19. The molecule has 35 heavy (non-hydrogen) atoms. The number of Topliss-reactive ketones (excluding diaryl/α,β-unsaturated/α-hetero) is 1. The number of hydrogen-bond acceptors (Lipinski definition) is 5. The zero-order valence-electron chi connectivity index (χ0n) is 18.6. The minimum Gasteiger partial charge on any atom is -0.353 e. The van der Waals surface area contributed by atoms with Crippen LogP contribution in [0.25, 0.3) is 0 Å². The molecule has 13 heteroatoms. The van der Waals surface area contributed by atoms with E-state index in [0.717, 1.165) is 25.0 Å². The van der Waals surface area contributed by atoms with Crippen LogP contribution in [-0.4, -0.2) is 53.7 Å². The molecule has 0 spiro atoms. The first kappa shape index (κ1) is 26.5. The molecule has 3 atom stereocenters. The van der Waals surface area contributed by atoms with Crippen LogP contribution in [0.2, 0.25) is 5.02 Å². The van der Waals surface area contributed by atoms with Crippen LogP contribution >= 0.6 is 11.6 Å². The highest BCUT2D eigenvalue weighted by atomic mass is 35.5. The average Bonchev–Trinajstić information content (AvgIpc) is 3.49. The van der Waals surface area contributed by atoms with E-state index in [1.54, 1.807) is 6.92 Å². The Morgan fingerprint density at radius 2 is 1.89 bits per heavy atom. The van der Waals surface area contributed by atoms with Crippen molar-refractivity contribution >= 4 is 46.7 Å². The zero-order valence-corrected chi connectivity index (χ0v) is 19.4. The van der Waals surface area contributed by atoms with Crippen molar-refractivity contribution in [3.8, 4) is 0 Å². The van der Waals surface area contributed by atoms with Crippen LogP contribution < -0.4 is 21.3 Å². The van der Waals surface area contributed by atoms with Crippen molar-refractivity contribution in [2.45, 2.75) is 63.3 Å². The Morgan fingerprint density at radius 1 is 1.20 bits per heavy atom. The van der Waals surface area contributed by atoms with Crippen molar-refractivity contribution in [1.82, 2.24) is 16.0 Å². The first-order valence-electron chi connectivity index (χ1n) is 10.9. The van der Waals surface area contributed by atoms with Crippen LogP contribution in [0.1, 0.15) is 49.4 Å². The highest BCUT2D eigenvalue weighted by Crippen LogP contribution is 2.26. The summed E-state index contributed by atoms with van der Waals surface area (Å²) < 4.78 is 37.6. The van der Waals surface area contributed by atoms with Crippen LogP contribution in [0.4, 0.5) is 18.9 Å². The monoisotopic (exact) mass is 516 g/mol. The van der Waals surface area contributed by atoms with E-state index in [2.05, 4.69) is 16.0 Å². The summed E-state index contributed by atoms with van der Waals surface area (Å²) in [6, 6.07) is 1.85. The Bertz CT molecular complexity index is 1040. The fraction of sp³-hybridized carbons (Fsp3) is 0.500. The fourth-order valence-corrected chi connectivity index (χ4v) is 3.91. The van der Waals surface area contributed by atoms with Crippen molar-refractivity contribution in [2.24, 2.45) is 5.92 Å². The maximum atomic E-state index is 13.0. The van der Waals surface area contributed by atoms with Crippen molar-refractivity contribution in [1.29, 1.82) is 0 Å². The first-order chi connectivity index (χ1) is 16.3. The third-order valence-corrected chi connectivity index (χ3v) is 5.77. The van der Waals surface area contributed by atoms with Crippen LogP contribution in [0.5, 0.6) is 0 Å². The van der Waals surface area contributed by atoms with E-state index >= 15 is 0 Å². The standard InChI is InChI=1S/C22H24ClF3N4O5/c1-10-6-11(19(33)27-10)7-16(18(32)21(35)28-13-3-4-13)30-20(34)14-8-12(23)2-5-15(14)29-17(31)9-22(24,25)26/h2,5,8,10-11,13,16H,3-4,6-7,9H2,1H3,(H,27,33)(H,28,35)(H,29,31)(H,30,34)/t10-,11+,16?/m1/s1. The normalized spacial score (nSPS) is 20.5. The second-order valence-corrected chi connectivity index (χ2v) is 9.18. The van der Waals surface area contributed by atoms with Gasteiger partial charge in [-0.05, 0) is 50.8 Å². The molecule has 1 aromatic carbocycles. The van der Waals surface area contributed by atoms with E-state index in [9.17, 15) is 37.1 Å². The molecule has 1 unspecified atom stereocenters. The smallest absolute Gasteiger partial charge is 0.353 e. The minimum absolute atomic E-state index is 0.0438. The van der Waals surface area contributed by atoms with Crippen molar-refractivity contribution in [2.75, 3.05) is 5.32 Å². The van der Waals surface area contributed by atoms with E-state index in [4.69, 9.17) is 11.6 Å². The number of nitrogens with one attached hydrogen (secondary N) is 4. The molecule has 1 aliphatic carbocycles. The molecule has 2 aliphatic rings. The quantitative estimate of drug-likeness (QED) is 0.373. The van der Waals surface area contributed by atoms with E-state index in [-0.39, 0.29) is 40.7 Å². The summed E-state index contributed by atoms with van der Waals surface area (Å²) in [5.41, 5.74) is -0.570. The van der Waals surface area contributed by atoms with Gasteiger partial charge in [-0.15, -0.1) is 0 Å². The summed E-state index contributed by atoms with van der Waals surface area (Å²) in [6.07, 6.45) is -4.85. The largest absolute Gasteiger partial charge is 0.397 e. The number of anilines is 1. The van der Waals surface area contributed by atoms with Crippen molar-refractivity contribution in [3.63, 3.8) is 0 Å². The number of benzene rings is 1. The van der Waals surface area contributed by atoms with Gasteiger partial charge in [0.1, 0.15) is 6.42 Å². The summed E-state index contributed by atoms with van der Waals surface area (Å²) in [7, 11) is 0. The number of carbonyl (C=O) groups is 5. The molecule has 190 valence electrons. The number of ketones is 1. The Hall–Kier alpha value is -3.15. The fourth-order valence-electron chi connectivity index (χ4n) is 3.74. The molecule has 1 saturated carbocycles. The number of rotatable bonds is 9. The molecule has 1 saturated heterocycles. The molecule has 1 aromatic rings. The third-order valence-electron chi connectivity index (χ3n) is 5.54. The van der Waals surface area contributed by atoms with Gasteiger partial charge in [0, 0.05) is 23.0 Å². The molecule has 3 rings (SSSR count). The predicted molar refractivity (Wildman–Crippen MR) is 119 cm³/mol. The summed E-state index contributed by atoms with van der Waals surface area (Å²) in [6.45, 7) is 1.77. The number of alkyl halides is 3. The molecule has 0 aromatic heterocycles. The number of amides is 4. The maximum Gasteiger partial charge on any atom is 0.397 e.